The summed E-state index contributed by atoms with van der Waals surface area (Å²) in [5, 5.41) is 5.57. The van der Waals surface area contributed by atoms with E-state index in [1.807, 2.05) is 27.0 Å². The molecule has 4 N–H and O–H groups in total. The molecule has 0 saturated carbocycles. The molecule has 0 fully saturated rings. The van der Waals surface area contributed by atoms with Crippen molar-refractivity contribution in [3.63, 3.8) is 0 Å². The molecule has 1 aromatic carbocycles. The average molecular weight is 285 g/mol. The predicted molar refractivity (Wildman–Crippen MR) is 83.3 cm³/mol. The van der Waals surface area contributed by atoms with Gasteiger partial charge in [0.2, 0.25) is 0 Å². The number of aryl methyl sites for hydroxylation is 2. The van der Waals surface area contributed by atoms with Gasteiger partial charge in [0.05, 0.1) is 17.6 Å². The highest BCUT2D eigenvalue weighted by molar-refractivity contribution is 5.78. The number of hydrazine groups is 1. The summed E-state index contributed by atoms with van der Waals surface area (Å²) in [6.45, 7) is 3.85. The van der Waals surface area contributed by atoms with Crippen molar-refractivity contribution in [2.75, 3.05) is 5.01 Å². The van der Waals surface area contributed by atoms with Crippen LogP contribution in [0.4, 0.5) is 5.69 Å². The molecule has 1 aromatic heterocycles. The molecule has 0 unspecified atom stereocenters. The van der Waals surface area contributed by atoms with E-state index in [2.05, 4.69) is 5.10 Å². The van der Waals surface area contributed by atoms with Gasteiger partial charge in [-0.25, -0.2) is 5.84 Å². The van der Waals surface area contributed by atoms with E-state index in [0.717, 1.165) is 28.8 Å². The molecule has 0 aliphatic heterocycles. The third-order valence-electron chi connectivity index (χ3n) is 3.47. The number of benzene rings is 1. The zero-order valence-electron chi connectivity index (χ0n) is 12.4. The molecule has 0 saturated heterocycles. The first-order valence-electron chi connectivity index (χ1n) is 6.50. The SMILES string of the molecule is Cc1ccc(C=O)cc1N(N)/C=C(\N)c1cnn(C)c1C. The van der Waals surface area contributed by atoms with Crippen LogP contribution in [0.5, 0.6) is 0 Å². The lowest BCUT2D eigenvalue weighted by Crippen LogP contribution is -2.26. The highest BCUT2D eigenvalue weighted by Crippen LogP contribution is 2.21. The van der Waals surface area contributed by atoms with Crippen molar-refractivity contribution in [1.82, 2.24) is 9.78 Å². The molecule has 2 aromatic rings. The Morgan fingerprint density at radius 3 is 2.67 bits per heavy atom. The Kier molecular flexibility index (Phi) is 4.09. The molecular weight excluding hydrogens is 266 g/mol. The number of hydrogen-bond acceptors (Lipinski definition) is 5. The normalized spacial score (nSPS) is 11.5. The van der Waals surface area contributed by atoms with Crippen molar-refractivity contribution < 1.29 is 4.79 Å². The summed E-state index contributed by atoms with van der Waals surface area (Å²) >= 11 is 0. The second-order valence-corrected chi connectivity index (χ2v) is 4.92. The molecular formula is C15H19N5O. The van der Waals surface area contributed by atoms with E-state index in [1.165, 1.54) is 5.01 Å². The Morgan fingerprint density at radius 1 is 1.38 bits per heavy atom. The van der Waals surface area contributed by atoms with Gasteiger partial charge in [-0.1, -0.05) is 12.1 Å². The van der Waals surface area contributed by atoms with Crippen molar-refractivity contribution in [2.45, 2.75) is 13.8 Å². The fourth-order valence-corrected chi connectivity index (χ4v) is 2.05. The lowest BCUT2D eigenvalue weighted by Gasteiger charge is -2.18. The van der Waals surface area contributed by atoms with E-state index >= 15 is 0 Å². The monoisotopic (exact) mass is 285 g/mol. The largest absolute Gasteiger partial charge is 0.397 e. The maximum Gasteiger partial charge on any atom is 0.150 e. The molecule has 110 valence electrons. The molecule has 0 aliphatic rings. The van der Waals surface area contributed by atoms with Gasteiger partial charge in [0.1, 0.15) is 6.29 Å². The summed E-state index contributed by atoms with van der Waals surface area (Å²) < 4.78 is 1.75. The van der Waals surface area contributed by atoms with Crippen LogP contribution in [0.2, 0.25) is 0 Å². The summed E-state index contributed by atoms with van der Waals surface area (Å²) in [4.78, 5) is 10.9. The molecule has 0 aliphatic carbocycles. The van der Waals surface area contributed by atoms with Crippen LogP contribution >= 0.6 is 0 Å². The van der Waals surface area contributed by atoms with Gasteiger partial charge in [-0.2, -0.15) is 5.10 Å². The smallest absolute Gasteiger partial charge is 0.150 e. The summed E-state index contributed by atoms with van der Waals surface area (Å²) in [6.07, 6.45) is 4.11. The Balaban J connectivity index is 2.36. The molecule has 21 heavy (non-hydrogen) atoms. The zero-order valence-corrected chi connectivity index (χ0v) is 12.4. The number of hydrogen-bond donors (Lipinski definition) is 2. The maximum absolute atomic E-state index is 10.9. The Hall–Kier alpha value is -2.60. The van der Waals surface area contributed by atoms with E-state index in [4.69, 9.17) is 11.6 Å². The van der Waals surface area contributed by atoms with Gasteiger partial charge in [0.25, 0.3) is 0 Å². The van der Waals surface area contributed by atoms with Crippen LogP contribution in [0.3, 0.4) is 0 Å². The predicted octanol–water partition coefficient (Wildman–Crippen LogP) is 1.49. The fourth-order valence-electron chi connectivity index (χ4n) is 2.05. The molecule has 1 heterocycles. The molecule has 0 bridgehead atoms. The van der Waals surface area contributed by atoms with Crippen LogP contribution in [0.1, 0.15) is 27.2 Å². The Morgan fingerprint density at radius 2 is 2.10 bits per heavy atom. The lowest BCUT2D eigenvalue weighted by molar-refractivity contribution is 0.112. The molecule has 6 nitrogen and oxygen atoms in total. The number of nitrogens with zero attached hydrogens (tertiary/aromatic N) is 3. The minimum absolute atomic E-state index is 0.513. The van der Waals surface area contributed by atoms with Crippen molar-refractivity contribution in [3.8, 4) is 0 Å². The quantitative estimate of drug-likeness (QED) is 0.504. The molecule has 0 radical (unpaired) electrons. The molecule has 6 heteroatoms. The van der Waals surface area contributed by atoms with Gasteiger partial charge in [-0.05, 0) is 25.5 Å². The number of nitrogens with two attached hydrogens (primary N) is 2. The second-order valence-electron chi connectivity index (χ2n) is 4.92. The van der Waals surface area contributed by atoms with Gasteiger partial charge in [-0.15, -0.1) is 0 Å². The minimum Gasteiger partial charge on any atom is -0.397 e. The van der Waals surface area contributed by atoms with Crippen LogP contribution in [0.15, 0.2) is 30.6 Å². The summed E-state index contributed by atoms with van der Waals surface area (Å²) in [7, 11) is 1.85. The zero-order chi connectivity index (χ0) is 15.6. The highest BCUT2D eigenvalue weighted by atomic mass is 16.1. The van der Waals surface area contributed by atoms with E-state index in [0.29, 0.717) is 11.3 Å². The van der Waals surface area contributed by atoms with E-state index in [9.17, 15) is 4.79 Å². The molecule has 2 rings (SSSR count). The number of anilines is 1. The number of aromatic nitrogens is 2. The van der Waals surface area contributed by atoms with Crippen molar-refractivity contribution in [3.05, 3.63) is 53.0 Å². The molecule has 0 amide bonds. The molecule has 0 spiro atoms. The van der Waals surface area contributed by atoms with Crippen LogP contribution in [0.25, 0.3) is 5.70 Å². The fraction of sp³-hybridized carbons (Fsp3) is 0.200. The van der Waals surface area contributed by atoms with E-state index < -0.39 is 0 Å². The van der Waals surface area contributed by atoms with Crippen molar-refractivity contribution >= 4 is 17.7 Å². The van der Waals surface area contributed by atoms with Crippen LogP contribution in [-0.4, -0.2) is 16.1 Å². The third-order valence-corrected chi connectivity index (χ3v) is 3.47. The van der Waals surface area contributed by atoms with E-state index in [1.54, 1.807) is 29.2 Å². The van der Waals surface area contributed by atoms with Crippen molar-refractivity contribution in [2.24, 2.45) is 18.6 Å². The minimum atomic E-state index is 0.513. The van der Waals surface area contributed by atoms with Gasteiger partial charge in [0, 0.05) is 30.1 Å². The van der Waals surface area contributed by atoms with E-state index in [-0.39, 0.29) is 0 Å². The Labute approximate surface area is 123 Å². The molecule has 0 atom stereocenters. The first-order chi connectivity index (χ1) is 9.93. The topological polar surface area (TPSA) is 90.2 Å². The lowest BCUT2D eigenvalue weighted by atomic mass is 10.1. The highest BCUT2D eigenvalue weighted by Gasteiger charge is 2.09. The Bertz CT molecular complexity index is 702. The summed E-state index contributed by atoms with van der Waals surface area (Å²) in [6, 6.07) is 5.32. The number of aldehydes is 1. The van der Waals surface area contributed by atoms with Gasteiger partial charge in [0.15, 0.2) is 0 Å². The number of carbonyl (C=O) groups excluding carboxylic acids is 1. The standard InChI is InChI=1S/C15H19N5O/c1-10-4-5-12(9-21)6-15(10)20(17)8-14(16)13-7-18-19(3)11(13)2/h4-9H,16-17H2,1-3H3/b14-8-. The van der Waals surface area contributed by atoms with Gasteiger partial charge in [-0.3, -0.25) is 14.5 Å². The van der Waals surface area contributed by atoms with Gasteiger partial charge >= 0.3 is 0 Å². The van der Waals surface area contributed by atoms with Crippen molar-refractivity contribution in [1.29, 1.82) is 0 Å². The summed E-state index contributed by atoms with van der Waals surface area (Å²) in [5.41, 5.74) is 10.6. The average Bonchev–Trinajstić information content (AvgIpc) is 2.79. The van der Waals surface area contributed by atoms with Gasteiger partial charge < -0.3 is 5.73 Å². The second kappa shape index (κ2) is 5.80. The first kappa shape index (κ1) is 14.8. The van der Waals surface area contributed by atoms with Crippen LogP contribution in [-0.2, 0) is 7.05 Å². The first-order valence-corrected chi connectivity index (χ1v) is 6.50. The van der Waals surface area contributed by atoms with Crippen LogP contribution in [0, 0.1) is 13.8 Å². The number of rotatable bonds is 4. The maximum atomic E-state index is 10.9. The summed E-state index contributed by atoms with van der Waals surface area (Å²) in [5.74, 6) is 6.05. The third kappa shape index (κ3) is 2.95. The number of carbonyl (C=O) groups is 1. The van der Waals surface area contributed by atoms with Crippen LogP contribution < -0.4 is 16.6 Å².